The lowest BCUT2D eigenvalue weighted by molar-refractivity contribution is -0.140. The molecular formula is C13H23N3O6. The lowest BCUT2D eigenvalue weighted by atomic mass is 9.98. The number of nitrogens with one attached hydrogen (secondary N) is 2. The van der Waals surface area contributed by atoms with Gasteiger partial charge in [-0.2, -0.15) is 0 Å². The van der Waals surface area contributed by atoms with Gasteiger partial charge in [-0.15, -0.1) is 0 Å². The van der Waals surface area contributed by atoms with Gasteiger partial charge in [-0.25, -0.2) is 0 Å². The minimum Gasteiger partial charge on any atom is -0.481 e. The Hall–Kier alpha value is -2.16. The number of hydrogen-bond donors (Lipinski definition) is 5. The van der Waals surface area contributed by atoms with Gasteiger partial charge in [0.15, 0.2) is 0 Å². The third kappa shape index (κ3) is 7.58. The molecule has 0 spiro atoms. The summed E-state index contributed by atoms with van der Waals surface area (Å²) in [4.78, 5) is 44.8. The number of carboxylic acid groups (broad SMARTS) is 2. The fourth-order valence-corrected chi connectivity index (χ4v) is 1.60. The summed E-state index contributed by atoms with van der Waals surface area (Å²) in [5, 5.41) is 21.7. The molecule has 9 heteroatoms. The van der Waals surface area contributed by atoms with Gasteiger partial charge < -0.3 is 26.6 Å². The van der Waals surface area contributed by atoms with Gasteiger partial charge in [-0.3, -0.25) is 19.2 Å². The van der Waals surface area contributed by atoms with E-state index in [4.69, 9.17) is 15.9 Å². The molecule has 0 aromatic rings. The second kappa shape index (κ2) is 9.72. The van der Waals surface area contributed by atoms with Gasteiger partial charge in [-0.05, 0) is 12.3 Å². The van der Waals surface area contributed by atoms with E-state index in [1.807, 2.05) is 6.92 Å². The summed E-state index contributed by atoms with van der Waals surface area (Å²) in [6, 6.07) is -1.97. The number of carbonyl (C=O) groups is 4. The van der Waals surface area contributed by atoms with Crippen LogP contribution in [0.25, 0.3) is 0 Å². The van der Waals surface area contributed by atoms with Crippen LogP contribution in [-0.2, 0) is 19.2 Å². The molecule has 0 aliphatic heterocycles. The van der Waals surface area contributed by atoms with Crippen LogP contribution in [0.3, 0.4) is 0 Å². The molecule has 126 valence electrons. The SMILES string of the molecule is CC[C@H](C)[C@H](N)C(=O)N[C@@H](CCC(=O)O)C(=O)NCC(=O)O. The zero-order chi connectivity index (χ0) is 17.3. The molecule has 0 unspecified atom stereocenters. The Balaban J connectivity index is 4.77. The predicted octanol–water partition coefficient (Wildman–Crippen LogP) is -1.09. The van der Waals surface area contributed by atoms with Gasteiger partial charge in [0.25, 0.3) is 0 Å². The highest BCUT2D eigenvalue weighted by molar-refractivity contribution is 5.91. The highest BCUT2D eigenvalue weighted by Gasteiger charge is 2.26. The molecule has 0 saturated carbocycles. The first kappa shape index (κ1) is 19.8. The molecule has 0 rings (SSSR count). The third-order valence-corrected chi connectivity index (χ3v) is 3.25. The molecule has 0 aliphatic rings. The fraction of sp³-hybridized carbons (Fsp3) is 0.692. The van der Waals surface area contributed by atoms with Crippen molar-refractivity contribution >= 4 is 23.8 Å². The quantitative estimate of drug-likeness (QED) is 0.342. The van der Waals surface area contributed by atoms with Crippen molar-refractivity contribution < 1.29 is 29.4 Å². The highest BCUT2D eigenvalue weighted by Crippen LogP contribution is 2.06. The van der Waals surface area contributed by atoms with Crippen LogP contribution in [0.5, 0.6) is 0 Å². The molecule has 3 atom stereocenters. The monoisotopic (exact) mass is 317 g/mol. The number of nitrogens with two attached hydrogens (primary N) is 1. The van der Waals surface area contributed by atoms with E-state index in [1.54, 1.807) is 6.92 Å². The van der Waals surface area contributed by atoms with E-state index in [-0.39, 0.29) is 18.8 Å². The molecule has 0 fully saturated rings. The molecule has 6 N–H and O–H groups in total. The van der Waals surface area contributed by atoms with Gasteiger partial charge in [0, 0.05) is 6.42 Å². The predicted molar refractivity (Wildman–Crippen MR) is 76.9 cm³/mol. The van der Waals surface area contributed by atoms with E-state index in [1.165, 1.54) is 0 Å². The van der Waals surface area contributed by atoms with Gasteiger partial charge >= 0.3 is 11.9 Å². The molecule has 0 aromatic carbocycles. The van der Waals surface area contributed by atoms with E-state index in [0.29, 0.717) is 6.42 Å². The zero-order valence-electron chi connectivity index (χ0n) is 12.7. The highest BCUT2D eigenvalue weighted by atomic mass is 16.4. The Bertz CT molecular complexity index is 426. The number of carbonyl (C=O) groups excluding carboxylic acids is 2. The van der Waals surface area contributed by atoms with Crippen molar-refractivity contribution in [2.24, 2.45) is 11.7 Å². The summed E-state index contributed by atoms with van der Waals surface area (Å²) >= 11 is 0. The third-order valence-electron chi connectivity index (χ3n) is 3.25. The minimum absolute atomic E-state index is 0.109. The van der Waals surface area contributed by atoms with E-state index >= 15 is 0 Å². The summed E-state index contributed by atoms with van der Waals surface area (Å²) < 4.78 is 0. The van der Waals surface area contributed by atoms with Crippen LogP contribution >= 0.6 is 0 Å². The second-order valence-electron chi connectivity index (χ2n) is 5.02. The van der Waals surface area contributed by atoms with Crippen molar-refractivity contribution in [2.75, 3.05) is 6.54 Å². The van der Waals surface area contributed by atoms with Crippen molar-refractivity contribution in [3.8, 4) is 0 Å². The van der Waals surface area contributed by atoms with Gasteiger partial charge in [0.05, 0.1) is 6.04 Å². The summed E-state index contributed by atoms with van der Waals surface area (Å²) in [7, 11) is 0. The van der Waals surface area contributed by atoms with Crippen molar-refractivity contribution in [1.82, 2.24) is 10.6 Å². The standard InChI is InChI=1S/C13H23N3O6/c1-3-7(2)11(14)13(22)16-8(4-5-9(17)18)12(21)15-6-10(19)20/h7-8,11H,3-6,14H2,1-2H3,(H,15,21)(H,16,22)(H,17,18)(H,19,20)/t7-,8-,11-/m0/s1. The Labute approximate surface area is 128 Å². The van der Waals surface area contributed by atoms with Crippen molar-refractivity contribution in [3.63, 3.8) is 0 Å². The zero-order valence-corrected chi connectivity index (χ0v) is 12.7. The van der Waals surface area contributed by atoms with Crippen LogP contribution in [-0.4, -0.2) is 52.6 Å². The Kier molecular flexibility index (Phi) is 8.76. The first-order valence-electron chi connectivity index (χ1n) is 6.96. The molecule has 0 saturated heterocycles. The number of carboxylic acids is 2. The summed E-state index contributed by atoms with van der Waals surface area (Å²) in [5.74, 6) is -3.81. The topological polar surface area (TPSA) is 159 Å². The van der Waals surface area contributed by atoms with Crippen LogP contribution in [0.1, 0.15) is 33.1 Å². The molecule has 0 heterocycles. The van der Waals surface area contributed by atoms with Gasteiger partial charge in [0.1, 0.15) is 12.6 Å². The molecule has 0 bridgehead atoms. The normalized spacial score (nSPS) is 14.5. The largest absolute Gasteiger partial charge is 0.481 e. The summed E-state index contributed by atoms with van der Waals surface area (Å²) in [5.41, 5.74) is 5.74. The van der Waals surface area contributed by atoms with Crippen molar-refractivity contribution in [3.05, 3.63) is 0 Å². The van der Waals surface area contributed by atoms with Crippen LogP contribution < -0.4 is 16.4 Å². The van der Waals surface area contributed by atoms with Crippen molar-refractivity contribution in [2.45, 2.75) is 45.2 Å². The van der Waals surface area contributed by atoms with Gasteiger partial charge in [-0.1, -0.05) is 20.3 Å². The Morgan fingerprint density at radius 1 is 1.09 bits per heavy atom. The number of hydrogen-bond acceptors (Lipinski definition) is 5. The van der Waals surface area contributed by atoms with Crippen LogP contribution in [0.4, 0.5) is 0 Å². The lowest BCUT2D eigenvalue weighted by Gasteiger charge is -2.22. The maximum absolute atomic E-state index is 12.0. The average Bonchev–Trinajstić information content (AvgIpc) is 2.46. The van der Waals surface area contributed by atoms with Crippen LogP contribution in [0.15, 0.2) is 0 Å². The van der Waals surface area contributed by atoms with E-state index in [2.05, 4.69) is 10.6 Å². The fourth-order valence-electron chi connectivity index (χ4n) is 1.60. The molecule has 22 heavy (non-hydrogen) atoms. The maximum atomic E-state index is 12.0. The van der Waals surface area contributed by atoms with Gasteiger partial charge in [0.2, 0.25) is 11.8 Å². The van der Waals surface area contributed by atoms with Crippen molar-refractivity contribution in [1.29, 1.82) is 0 Å². The average molecular weight is 317 g/mol. The van der Waals surface area contributed by atoms with E-state index < -0.39 is 42.4 Å². The lowest BCUT2D eigenvalue weighted by Crippen LogP contribution is -2.53. The Morgan fingerprint density at radius 2 is 1.68 bits per heavy atom. The van der Waals surface area contributed by atoms with Crippen LogP contribution in [0, 0.1) is 5.92 Å². The molecule has 2 amide bonds. The molecular weight excluding hydrogens is 294 g/mol. The summed E-state index contributed by atoms with van der Waals surface area (Å²) in [6.07, 6.45) is 0.170. The number of aliphatic carboxylic acids is 2. The van der Waals surface area contributed by atoms with E-state index in [9.17, 15) is 19.2 Å². The Morgan fingerprint density at radius 3 is 2.14 bits per heavy atom. The molecule has 9 nitrogen and oxygen atoms in total. The minimum atomic E-state index is -1.24. The van der Waals surface area contributed by atoms with E-state index in [0.717, 1.165) is 0 Å². The first-order valence-corrected chi connectivity index (χ1v) is 6.96. The van der Waals surface area contributed by atoms with Crippen LogP contribution in [0.2, 0.25) is 0 Å². The number of amides is 2. The summed E-state index contributed by atoms with van der Waals surface area (Å²) in [6.45, 7) is 3.02. The molecule has 0 aromatic heterocycles. The maximum Gasteiger partial charge on any atom is 0.322 e. The first-order chi connectivity index (χ1) is 10.2. The molecule has 0 radical (unpaired) electrons. The number of rotatable bonds is 10. The molecule has 0 aliphatic carbocycles. The smallest absolute Gasteiger partial charge is 0.322 e. The second-order valence-corrected chi connectivity index (χ2v) is 5.02.